The SMILES string of the molecule is O=C(CCNC(=O)c1ccc(Br)cc1)Nc1ccncc1. The number of pyridine rings is 1. The second kappa shape index (κ2) is 7.54. The molecule has 6 heteroatoms. The Morgan fingerprint density at radius 2 is 1.71 bits per heavy atom. The average Bonchev–Trinajstić information content (AvgIpc) is 2.49. The maximum Gasteiger partial charge on any atom is 0.251 e. The van der Waals surface area contributed by atoms with Gasteiger partial charge in [0, 0.05) is 41.1 Å². The van der Waals surface area contributed by atoms with Crippen molar-refractivity contribution in [1.29, 1.82) is 0 Å². The summed E-state index contributed by atoms with van der Waals surface area (Å²) in [6, 6.07) is 10.4. The Bertz CT molecular complexity index is 615. The molecule has 0 bridgehead atoms. The fraction of sp³-hybridized carbons (Fsp3) is 0.133. The smallest absolute Gasteiger partial charge is 0.251 e. The lowest BCUT2D eigenvalue weighted by atomic mass is 10.2. The zero-order chi connectivity index (χ0) is 15.1. The van der Waals surface area contributed by atoms with Crippen LogP contribution in [0.5, 0.6) is 0 Å². The van der Waals surface area contributed by atoms with Gasteiger partial charge in [-0.05, 0) is 36.4 Å². The average molecular weight is 348 g/mol. The molecule has 5 nitrogen and oxygen atoms in total. The Morgan fingerprint density at radius 3 is 2.38 bits per heavy atom. The summed E-state index contributed by atoms with van der Waals surface area (Å²) in [6.07, 6.45) is 3.42. The second-order valence-corrected chi connectivity index (χ2v) is 5.21. The molecule has 1 aromatic heterocycles. The van der Waals surface area contributed by atoms with Gasteiger partial charge in [0.25, 0.3) is 5.91 Å². The number of halogens is 1. The number of hydrogen-bond acceptors (Lipinski definition) is 3. The van der Waals surface area contributed by atoms with Crippen molar-refractivity contribution in [3.8, 4) is 0 Å². The van der Waals surface area contributed by atoms with Crippen LogP contribution in [0.1, 0.15) is 16.8 Å². The maximum atomic E-state index is 11.8. The van der Waals surface area contributed by atoms with E-state index >= 15 is 0 Å². The number of amides is 2. The van der Waals surface area contributed by atoms with E-state index in [1.54, 1.807) is 48.8 Å². The molecule has 0 aliphatic carbocycles. The van der Waals surface area contributed by atoms with E-state index in [1.807, 2.05) is 0 Å². The van der Waals surface area contributed by atoms with E-state index in [4.69, 9.17) is 0 Å². The first kappa shape index (κ1) is 15.2. The summed E-state index contributed by atoms with van der Waals surface area (Å²) < 4.78 is 0.913. The Kier molecular flexibility index (Phi) is 5.45. The van der Waals surface area contributed by atoms with Crippen LogP contribution in [0.3, 0.4) is 0 Å². The molecule has 0 fully saturated rings. The van der Waals surface area contributed by atoms with E-state index in [-0.39, 0.29) is 24.8 Å². The molecule has 2 amide bonds. The molecule has 1 heterocycles. The summed E-state index contributed by atoms with van der Waals surface area (Å²) in [4.78, 5) is 27.4. The van der Waals surface area contributed by atoms with Crippen molar-refractivity contribution in [1.82, 2.24) is 10.3 Å². The molecular formula is C15H14BrN3O2. The van der Waals surface area contributed by atoms with E-state index in [0.29, 0.717) is 11.3 Å². The molecule has 2 aromatic rings. The van der Waals surface area contributed by atoms with Crippen LogP contribution in [0.4, 0.5) is 5.69 Å². The Balaban J connectivity index is 1.75. The summed E-state index contributed by atoms with van der Waals surface area (Å²) in [5.41, 5.74) is 1.25. The number of rotatable bonds is 5. The predicted molar refractivity (Wildman–Crippen MR) is 84.0 cm³/mol. The quantitative estimate of drug-likeness (QED) is 0.873. The first-order chi connectivity index (χ1) is 10.1. The van der Waals surface area contributed by atoms with E-state index in [0.717, 1.165) is 4.47 Å². The largest absolute Gasteiger partial charge is 0.352 e. The third-order valence-corrected chi connectivity index (χ3v) is 3.24. The number of hydrogen-bond donors (Lipinski definition) is 2. The van der Waals surface area contributed by atoms with Crippen LogP contribution in [0.15, 0.2) is 53.3 Å². The minimum absolute atomic E-state index is 0.155. The molecule has 108 valence electrons. The fourth-order valence-corrected chi connectivity index (χ4v) is 1.92. The topological polar surface area (TPSA) is 71.1 Å². The lowest BCUT2D eigenvalue weighted by Crippen LogP contribution is -2.27. The monoisotopic (exact) mass is 347 g/mol. The number of carbonyl (C=O) groups excluding carboxylic acids is 2. The molecule has 0 spiro atoms. The molecule has 21 heavy (non-hydrogen) atoms. The fourth-order valence-electron chi connectivity index (χ4n) is 1.65. The van der Waals surface area contributed by atoms with Crippen molar-refractivity contribution in [3.05, 3.63) is 58.8 Å². The van der Waals surface area contributed by atoms with Crippen LogP contribution in [0.2, 0.25) is 0 Å². The third-order valence-electron chi connectivity index (χ3n) is 2.71. The zero-order valence-corrected chi connectivity index (χ0v) is 12.8. The third kappa shape index (κ3) is 5.00. The number of nitrogens with one attached hydrogen (secondary N) is 2. The summed E-state index contributed by atoms with van der Waals surface area (Å²) in [7, 11) is 0. The van der Waals surface area contributed by atoms with Gasteiger partial charge in [0.15, 0.2) is 0 Å². The van der Waals surface area contributed by atoms with Crippen molar-refractivity contribution in [2.24, 2.45) is 0 Å². The molecule has 1 aromatic carbocycles. The van der Waals surface area contributed by atoms with Gasteiger partial charge >= 0.3 is 0 Å². The van der Waals surface area contributed by atoms with Crippen molar-refractivity contribution in [3.63, 3.8) is 0 Å². The second-order valence-electron chi connectivity index (χ2n) is 4.30. The van der Waals surface area contributed by atoms with Crippen LogP contribution < -0.4 is 10.6 Å². The minimum atomic E-state index is -0.195. The lowest BCUT2D eigenvalue weighted by molar-refractivity contribution is -0.116. The number of aromatic nitrogens is 1. The van der Waals surface area contributed by atoms with Gasteiger partial charge in [-0.15, -0.1) is 0 Å². The molecule has 0 radical (unpaired) electrons. The highest BCUT2D eigenvalue weighted by molar-refractivity contribution is 9.10. The predicted octanol–water partition coefficient (Wildman–Crippen LogP) is 2.60. The molecule has 0 saturated heterocycles. The van der Waals surface area contributed by atoms with Gasteiger partial charge in [0.1, 0.15) is 0 Å². The first-order valence-electron chi connectivity index (χ1n) is 6.39. The van der Waals surface area contributed by atoms with Gasteiger partial charge in [-0.25, -0.2) is 0 Å². The number of benzene rings is 1. The summed E-state index contributed by atoms with van der Waals surface area (Å²) in [6.45, 7) is 0.284. The van der Waals surface area contributed by atoms with Gasteiger partial charge in [-0.2, -0.15) is 0 Å². The Morgan fingerprint density at radius 1 is 1.05 bits per heavy atom. The summed E-state index contributed by atoms with van der Waals surface area (Å²) in [5.74, 6) is -0.350. The molecule has 2 rings (SSSR count). The Labute approximate surface area is 130 Å². The van der Waals surface area contributed by atoms with Crippen molar-refractivity contribution < 1.29 is 9.59 Å². The highest BCUT2D eigenvalue weighted by atomic mass is 79.9. The molecule has 2 N–H and O–H groups in total. The molecule has 0 aliphatic rings. The van der Waals surface area contributed by atoms with Crippen LogP contribution in [0.25, 0.3) is 0 Å². The standard InChI is InChI=1S/C15H14BrN3O2/c16-12-3-1-11(2-4-12)15(21)18-10-7-14(20)19-13-5-8-17-9-6-13/h1-6,8-9H,7,10H2,(H,18,21)(H,17,19,20). The molecule has 0 unspecified atom stereocenters. The van der Waals surface area contributed by atoms with E-state index in [9.17, 15) is 9.59 Å². The van der Waals surface area contributed by atoms with Gasteiger partial charge in [0.05, 0.1) is 0 Å². The lowest BCUT2D eigenvalue weighted by Gasteiger charge is -2.06. The maximum absolute atomic E-state index is 11.8. The van der Waals surface area contributed by atoms with E-state index < -0.39 is 0 Å². The van der Waals surface area contributed by atoms with Crippen LogP contribution >= 0.6 is 15.9 Å². The zero-order valence-electron chi connectivity index (χ0n) is 11.2. The number of nitrogens with zero attached hydrogens (tertiary/aromatic N) is 1. The van der Waals surface area contributed by atoms with Gasteiger partial charge in [-0.3, -0.25) is 14.6 Å². The number of anilines is 1. The molecule has 0 aliphatic heterocycles. The van der Waals surface area contributed by atoms with Crippen molar-refractivity contribution in [2.75, 3.05) is 11.9 Å². The van der Waals surface area contributed by atoms with Crippen molar-refractivity contribution >= 4 is 33.4 Å². The molecule has 0 saturated carbocycles. The summed E-state index contributed by atoms with van der Waals surface area (Å²) in [5, 5.41) is 5.43. The molecule has 0 atom stereocenters. The minimum Gasteiger partial charge on any atom is -0.352 e. The highest BCUT2D eigenvalue weighted by Gasteiger charge is 2.06. The number of carbonyl (C=O) groups is 2. The van der Waals surface area contributed by atoms with Gasteiger partial charge in [-0.1, -0.05) is 15.9 Å². The summed E-state index contributed by atoms with van der Waals surface area (Å²) >= 11 is 3.31. The van der Waals surface area contributed by atoms with E-state index in [2.05, 4.69) is 31.5 Å². The normalized spacial score (nSPS) is 9.95. The Hall–Kier alpha value is -2.21. The van der Waals surface area contributed by atoms with Gasteiger partial charge in [0.2, 0.25) is 5.91 Å². The van der Waals surface area contributed by atoms with Crippen LogP contribution in [-0.4, -0.2) is 23.3 Å². The highest BCUT2D eigenvalue weighted by Crippen LogP contribution is 2.10. The van der Waals surface area contributed by atoms with Crippen LogP contribution in [0, 0.1) is 0 Å². The van der Waals surface area contributed by atoms with E-state index in [1.165, 1.54) is 0 Å². The van der Waals surface area contributed by atoms with Crippen LogP contribution in [-0.2, 0) is 4.79 Å². The van der Waals surface area contributed by atoms with Crippen molar-refractivity contribution in [2.45, 2.75) is 6.42 Å². The molecular weight excluding hydrogens is 334 g/mol. The first-order valence-corrected chi connectivity index (χ1v) is 7.18. The van der Waals surface area contributed by atoms with Gasteiger partial charge < -0.3 is 10.6 Å².